The zero-order chi connectivity index (χ0) is 22.4. The molecule has 3 aromatic rings. The molecule has 0 fully saturated rings. The molecule has 3 rings (SSSR count). The maximum absolute atomic E-state index is 10.7. The van der Waals surface area contributed by atoms with Crippen LogP contribution < -0.4 is 4.74 Å². The molecule has 0 radical (unpaired) electrons. The molecule has 1 unspecified atom stereocenters. The fraction of sp³-hybridized carbons (Fsp3) is 0.100. The van der Waals surface area contributed by atoms with Crippen LogP contribution in [0.2, 0.25) is 5.02 Å². The molecule has 0 spiro atoms. The smallest absolute Gasteiger partial charge is 0.485 e. The number of methoxy groups -OCH3 is 1. The predicted octanol–water partition coefficient (Wildman–Crippen LogP) is 5.50. The molecule has 0 aliphatic heterocycles. The number of rotatable bonds is 4. The first-order valence-corrected chi connectivity index (χ1v) is 11.2. The third-order valence-electron chi connectivity index (χ3n) is 3.61. The maximum Gasteiger partial charge on any atom is 0.485 e. The van der Waals surface area contributed by atoms with Gasteiger partial charge < -0.3 is 9.29 Å². The van der Waals surface area contributed by atoms with E-state index in [1.54, 1.807) is 7.11 Å². The highest BCUT2D eigenvalue weighted by atomic mass is 35.5. The van der Waals surface area contributed by atoms with Crippen molar-refractivity contribution in [2.24, 2.45) is 0 Å². The van der Waals surface area contributed by atoms with Gasteiger partial charge in [0.2, 0.25) is 0 Å². The molecule has 4 nitrogen and oxygen atoms in total. The minimum atomic E-state index is -6.09. The van der Waals surface area contributed by atoms with E-state index in [1.807, 2.05) is 30.3 Å². The highest BCUT2D eigenvalue weighted by Gasteiger charge is 2.37. The van der Waals surface area contributed by atoms with Crippen molar-refractivity contribution in [2.45, 2.75) is 20.2 Å². The molecular formula is C20H16ClF3O4S2. The van der Waals surface area contributed by atoms with E-state index in [4.69, 9.17) is 29.3 Å². The molecule has 0 heterocycles. The van der Waals surface area contributed by atoms with Crippen LogP contribution in [-0.2, 0) is 21.0 Å². The first kappa shape index (κ1) is 24.1. The van der Waals surface area contributed by atoms with Gasteiger partial charge >= 0.3 is 5.51 Å². The topological polar surface area (TPSA) is 66.4 Å². The summed E-state index contributed by atoms with van der Waals surface area (Å²) in [5, 5.41) is 0.759. The van der Waals surface area contributed by atoms with E-state index in [-0.39, 0.29) is 10.9 Å². The summed E-state index contributed by atoms with van der Waals surface area (Å²) >= 11 is 6.03. The molecular weight excluding hydrogens is 461 g/mol. The lowest BCUT2D eigenvalue weighted by Gasteiger charge is -2.08. The van der Waals surface area contributed by atoms with Gasteiger partial charge in [-0.2, -0.15) is 13.2 Å². The molecule has 0 N–H and O–H groups in total. The van der Waals surface area contributed by atoms with Crippen LogP contribution in [-0.4, -0.2) is 25.6 Å². The highest BCUT2D eigenvalue weighted by molar-refractivity contribution is 7.97. The van der Waals surface area contributed by atoms with E-state index >= 15 is 0 Å². The zero-order valence-electron chi connectivity index (χ0n) is 15.5. The Hall–Kier alpha value is -2.20. The number of ether oxygens (including phenoxy) is 1. The summed E-state index contributed by atoms with van der Waals surface area (Å²) < 4.78 is 64.2. The second-order valence-electron chi connectivity index (χ2n) is 5.65. The molecule has 30 heavy (non-hydrogen) atoms. The minimum absolute atomic E-state index is 0.147. The summed E-state index contributed by atoms with van der Waals surface area (Å²) in [4.78, 5) is 3.80. The zero-order valence-corrected chi connectivity index (χ0v) is 17.9. The van der Waals surface area contributed by atoms with Crippen molar-refractivity contribution in [3.63, 3.8) is 0 Å². The molecule has 0 saturated carbocycles. The average molecular weight is 477 g/mol. The lowest BCUT2D eigenvalue weighted by atomic mass is 10.3. The van der Waals surface area contributed by atoms with Gasteiger partial charge in [0.1, 0.15) is 5.75 Å². The number of hydrogen-bond acceptors (Lipinski definition) is 4. The largest absolute Gasteiger partial charge is 0.741 e. The van der Waals surface area contributed by atoms with E-state index < -0.39 is 15.6 Å². The fourth-order valence-electron chi connectivity index (χ4n) is 2.25. The predicted molar refractivity (Wildman–Crippen MR) is 109 cm³/mol. The molecule has 160 valence electrons. The van der Waals surface area contributed by atoms with Crippen LogP contribution in [0.4, 0.5) is 13.2 Å². The average Bonchev–Trinajstić information content (AvgIpc) is 2.70. The summed E-state index contributed by atoms with van der Waals surface area (Å²) in [6.45, 7) is 0. The molecule has 0 saturated heterocycles. The number of alkyl halides is 3. The monoisotopic (exact) mass is 476 g/mol. The van der Waals surface area contributed by atoms with Gasteiger partial charge in [0.05, 0.1) is 18.0 Å². The molecule has 0 aromatic heterocycles. The lowest BCUT2D eigenvalue weighted by Crippen LogP contribution is -2.21. The van der Waals surface area contributed by atoms with Gasteiger partial charge in [-0.15, -0.1) is 0 Å². The summed E-state index contributed by atoms with van der Waals surface area (Å²) in [5.41, 5.74) is -5.65. The van der Waals surface area contributed by atoms with Crippen LogP contribution in [0.3, 0.4) is 0 Å². The van der Waals surface area contributed by atoms with Gasteiger partial charge in [-0.3, -0.25) is 0 Å². The minimum Gasteiger partial charge on any atom is -0.741 e. The Bertz CT molecular complexity index is 1040. The Kier molecular flexibility index (Phi) is 8.19. The van der Waals surface area contributed by atoms with Crippen molar-refractivity contribution in [2.75, 3.05) is 7.11 Å². The van der Waals surface area contributed by atoms with Crippen LogP contribution in [0.15, 0.2) is 93.5 Å². The SMILES string of the molecule is COc1ccc([S+](c2ccccc2)c2ccc(Cl)cc2)cc1.O=S(=O)([O-])C(F)(F)F. The third-order valence-corrected chi connectivity index (χ3v) is 6.66. The van der Waals surface area contributed by atoms with Crippen molar-refractivity contribution in [1.82, 2.24) is 0 Å². The Balaban J connectivity index is 0.000000343. The van der Waals surface area contributed by atoms with E-state index in [9.17, 15) is 13.2 Å². The Labute approximate surface area is 180 Å². The normalized spacial score (nSPS) is 12.5. The van der Waals surface area contributed by atoms with Crippen molar-refractivity contribution in [3.8, 4) is 5.75 Å². The summed E-state index contributed by atoms with van der Waals surface area (Å²) in [7, 11) is -4.55. The van der Waals surface area contributed by atoms with E-state index in [1.165, 1.54) is 14.7 Å². The first-order valence-electron chi connectivity index (χ1n) is 8.24. The van der Waals surface area contributed by atoms with Crippen LogP contribution in [0.5, 0.6) is 5.75 Å². The molecule has 0 aliphatic rings. The van der Waals surface area contributed by atoms with Gasteiger partial charge in [-0.25, -0.2) is 8.42 Å². The van der Waals surface area contributed by atoms with Crippen molar-refractivity contribution in [1.29, 1.82) is 0 Å². The Morgan fingerprint density at radius 3 is 1.63 bits per heavy atom. The van der Waals surface area contributed by atoms with Crippen LogP contribution in [0, 0.1) is 0 Å². The van der Waals surface area contributed by atoms with Gasteiger partial charge in [-0.1, -0.05) is 29.8 Å². The van der Waals surface area contributed by atoms with Crippen molar-refractivity contribution in [3.05, 3.63) is 83.9 Å². The number of benzene rings is 3. The number of halogens is 4. The quantitative estimate of drug-likeness (QED) is 0.283. The molecule has 0 bridgehead atoms. The maximum atomic E-state index is 10.7. The summed E-state index contributed by atoms with van der Waals surface area (Å²) in [6, 6.07) is 26.9. The van der Waals surface area contributed by atoms with Gasteiger partial charge in [-0.05, 0) is 60.7 Å². The number of hydrogen-bond donors (Lipinski definition) is 0. The third kappa shape index (κ3) is 6.66. The Morgan fingerprint density at radius 2 is 1.23 bits per heavy atom. The molecule has 3 aromatic carbocycles. The van der Waals surface area contributed by atoms with E-state index in [0.717, 1.165) is 10.8 Å². The van der Waals surface area contributed by atoms with E-state index in [2.05, 4.69) is 48.5 Å². The summed E-state index contributed by atoms with van der Waals surface area (Å²) in [6.07, 6.45) is 0. The van der Waals surface area contributed by atoms with Crippen molar-refractivity contribution < 1.29 is 30.9 Å². The second-order valence-corrected chi connectivity index (χ2v) is 9.48. The van der Waals surface area contributed by atoms with Crippen LogP contribution in [0.25, 0.3) is 0 Å². The second kappa shape index (κ2) is 10.2. The molecule has 0 aliphatic carbocycles. The van der Waals surface area contributed by atoms with Gasteiger partial charge in [0.25, 0.3) is 0 Å². The Morgan fingerprint density at radius 1 is 0.833 bits per heavy atom. The first-order chi connectivity index (χ1) is 14.0. The van der Waals surface area contributed by atoms with Gasteiger partial charge in [0.15, 0.2) is 24.8 Å². The van der Waals surface area contributed by atoms with Gasteiger partial charge in [0, 0.05) is 5.02 Å². The molecule has 0 amide bonds. The fourth-order valence-corrected chi connectivity index (χ4v) is 4.44. The molecule has 10 heteroatoms. The molecule has 1 atom stereocenters. The van der Waals surface area contributed by atoms with Crippen LogP contribution >= 0.6 is 11.6 Å². The standard InChI is InChI=1S/C19H16ClOS.CHF3O3S/c1-21-16-9-13-19(14-10-16)22(17-5-3-2-4-6-17)18-11-7-15(20)8-12-18;2-1(3,4)8(5,6)7/h2-14H,1H3;(H,5,6,7)/q+1;/p-1. The van der Waals surface area contributed by atoms with Crippen molar-refractivity contribution >= 4 is 32.6 Å². The van der Waals surface area contributed by atoms with E-state index in [0.29, 0.717) is 0 Å². The summed E-state index contributed by atoms with van der Waals surface area (Å²) in [5.74, 6) is 0.872. The lowest BCUT2D eigenvalue weighted by molar-refractivity contribution is -0.0517. The highest BCUT2D eigenvalue weighted by Crippen LogP contribution is 2.32. The van der Waals surface area contributed by atoms with Crippen LogP contribution in [0.1, 0.15) is 0 Å².